The highest BCUT2D eigenvalue weighted by Gasteiger charge is 2.22. The zero-order valence-corrected chi connectivity index (χ0v) is 17.5. The molecule has 0 radical (unpaired) electrons. The Labute approximate surface area is 165 Å². The number of carbonyl (C=O) groups is 1. The molecule has 0 saturated carbocycles. The van der Waals surface area contributed by atoms with Gasteiger partial charge in [-0.15, -0.1) is 0 Å². The van der Waals surface area contributed by atoms with Crippen molar-refractivity contribution in [2.24, 2.45) is 0 Å². The van der Waals surface area contributed by atoms with Crippen LogP contribution >= 0.6 is 11.6 Å². The molecule has 3 heterocycles. The van der Waals surface area contributed by atoms with Crippen molar-refractivity contribution in [3.63, 3.8) is 0 Å². The first-order valence-electron chi connectivity index (χ1n) is 9.61. The second-order valence-electron chi connectivity index (χ2n) is 7.19. The number of halogens is 1. The summed E-state index contributed by atoms with van der Waals surface area (Å²) in [5.74, 6) is 0.188. The first-order valence-corrected chi connectivity index (χ1v) is 9.99. The molecule has 1 aliphatic heterocycles. The summed E-state index contributed by atoms with van der Waals surface area (Å²) in [5, 5.41) is 9.51. The predicted molar refractivity (Wildman–Crippen MR) is 106 cm³/mol. The van der Waals surface area contributed by atoms with Crippen molar-refractivity contribution in [1.29, 1.82) is 0 Å². The fraction of sp³-hybridized carbons (Fsp3) is 0.632. The lowest BCUT2D eigenvalue weighted by molar-refractivity contribution is -0.133. The Morgan fingerprint density at radius 1 is 1.11 bits per heavy atom. The fourth-order valence-corrected chi connectivity index (χ4v) is 3.74. The molecule has 0 unspecified atom stereocenters. The van der Waals surface area contributed by atoms with Gasteiger partial charge in [0, 0.05) is 56.9 Å². The summed E-state index contributed by atoms with van der Waals surface area (Å²) in [7, 11) is 0. The molecule has 8 heteroatoms. The van der Waals surface area contributed by atoms with Gasteiger partial charge in [0.2, 0.25) is 5.91 Å². The molecule has 1 aliphatic rings. The molecule has 1 amide bonds. The van der Waals surface area contributed by atoms with Gasteiger partial charge in [0.15, 0.2) is 0 Å². The van der Waals surface area contributed by atoms with Gasteiger partial charge in [0.1, 0.15) is 0 Å². The van der Waals surface area contributed by atoms with E-state index in [0.29, 0.717) is 18.0 Å². The first-order chi connectivity index (χ1) is 12.9. The highest BCUT2D eigenvalue weighted by molar-refractivity contribution is 6.31. The van der Waals surface area contributed by atoms with E-state index in [-0.39, 0.29) is 5.91 Å². The molecule has 0 bridgehead atoms. The Balaban J connectivity index is 1.47. The van der Waals surface area contributed by atoms with Crippen molar-refractivity contribution in [2.75, 3.05) is 26.2 Å². The van der Waals surface area contributed by atoms with Gasteiger partial charge in [-0.2, -0.15) is 10.2 Å². The van der Waals surface area contributed by atoms with Gasteiger partial charge < -0.3 is 4.90 Å². The number of hydrogen-bond donors (Lipinski definition) is 0. The van der Waals surface area contributed by atoms with Crippen molar-refractivity contribution in [1.82, 2.24) is 29.4 Å². The standard InChI is InChI=1S/C19H29ClN6O/c1-5-25-15(3)17(12-21-25)13-23-8-10-24(11-9-23)18(27)6-7-26-16(4)19(20)14(2)22-26/h12H,5-11,13H2,1-4H3. The van der Waals surface area contributed by atoms with Crippen molar-refractivity contribution < 1.29 is 4.79 Å². The Bertz CT molecular complexity index is 803. The number of piperazine rings is 1. The zero-order chi connectivity index (χ0) is 19.6. The largest absolute Gasteiger partial charge is 0.340 e. The molecule has 0 N–H and O–H groups in total. The summed E-state index contributed by atoms with van der Waals surface area (Å²) in [5.41, 5.74) is 4.25. The third-order valence-electron chi connectivity index (χ3n) is 5.45. The van der Waals surface area contributed by atoms with Crippen LogP contribution in [0.5, 0.6) is 0 Å². The van der Waals surface area contributed by atoms with E-state index in [9.17, 15) is 4.79 Å². The Morgan fingerprint density at radius 3 is 2.37 bits per heavy atom. The van der Waals surface area contributed by atoms with Crippen LogP contribution in [0, 0.1) is 20.8 Å². The van der Waals surface area contributed by atoms with Gasteiger partial charge in [-0.25, -0.2) is 0 Å². The molecule has 27 heavy (non-hydrogen) atoms. The minimum atomic E-state index is 0.188. The van der Waals surface area contributed by atoms with Crippen molar-refractivity contribution in [3.8, 4) is 0 Å². The topological polar surface area (TPSA) is 59.2 Å². The van der Waals surface area contributed by atoms with E-state index in [1.54, 1.807) is 0 Å². The smallest absolute Gasteiger partial charge is 0.224 e. The van der Waals surface area contributed by atoms with Crippen LogP contribution in [0.1, 0.15) is 36.0 Å². The van der Waals surface area contributed by atoms with E-state index in [0.717, 1.165) is 50.7 Å². The van der Waals surface area contributed by atoms with Gasteiger partial charge in [0.05, 0.1) is 29.2 Å². The van der Waals surface area contributed by atoms with E-state index in [2.05, 4.69) is 28.9 Å². The molecule has 0 spiro atoms. The normalized spacial score (nSPS) is 15.5. The van der Waals surface area contributed by atoms with Crippen molar-refractivity contribution in [2.45, 2.75) is 53.8 Å². The van der Waals surface area contributed by atoms with E-state index < -0.39 is 0 Å². The lowest BCUT2D eigenvalue weighted by Gasteiger charge is -2.34. The number of aryl methyl sites for hydroxylation is 3. The third-order valence-corrected chi connectivity index (χ3v) is 6.00. The Hall–Kier alpha value is -1.86. The minimum Gasteiger partial charge on any atom is -0.340 e. The lowest BCUT2D eigenvalue weighted by atomic mass is 10.2. The Morgan fingerprint density at radius 2 is 1.81 bits per heavy atom. The second-order valence-corrected chi connectivity index (χ2v) is 7.56. The molecule has 148 valence electrons. The van der Waals surface area contributed by atoms with Crippen LogP contribution in [0.3, 0.4) is 0 Å². The van der Waals surface area contributed by atoms with Crippen molar-refractivity contribution in [3.05, 3.63) is 33.9 Å². The molecule has 2 aromatic rings. The quantitative estimate of drug-likeness (QED) is 0.757. The molecule has 7 nitrogen and oxygen atoms in total. The summed E-state index contributed by atoms with van der Waals surface area (Å²) in [6, 6.07) is 0. The molecule has 2 aromatic heterocycles. The van der Waals surface area contributed by atoms with Gasteiger partial charge in [-0.05, 0) is 27.7 Å². The van der Waals surface area contributed by atoms with Crippen LogP contribution in [-0.2, 0) is 24.4 Å². The van der Waals surface area contributed by atoms with Crippen LogP contribution in [0.25, 0.3) is 0 Å². The Kier molecular flexibility index (Phi) is 6.22. The summed E-state index contributed by atoms with van der Waals surface area (Å²) >= 11 is 6.18. The lowest BCUT2D eigenvalue weighted by Crippen LogP contribution is -2.48. The zero-order valence-electron chi connectivity index (χ0n) is 16.7. The predicted octanol–water partition coefficient (Wildman–Crippen LogP) is 2.41. The number of amides is 1. The molecule has 1 saturated heterocycles. The highest BCUT2D eigenvalue weighted by atomic mass is 35.5. The molecule has 0 atom stereocenters. The minimum absolute atomic E-state index is 0.188. The average molecular weight is 393 g/mol. The first kappa shape index (κ1) is 19.9. The maximum atomic E-state index is 12.6. The SMILES string of the molecule is CCn1ncc(CN2CCN(C(=O)CCn3nc(C)c(Cl)c3C)CC2)c1C. The third kappa shape index (κ3) is 4.35. The summed E-state index contributed by atoms with van der Waals surface area (Å²) < 4.78 is 3.86. The van der Waals surface area contributed by atoms with E-state index in [1.807, 2.05) is 34.3 Å². The van der Waals surface area contributed by atoms with Crippen molar-refractivity contribution >= 4 is 17.5 Å². The van der Waals surface area contributed by atoms with Crippen LogP contribution in [-0.4, -0.2) is 61.4 Å². The monoisotopic (exact) mass is 392 g/mol. The number of nitrogens with zero attached hydrogens (tertiary/aromatic N) is 6. The molecule has 0 aliphatic carbocycles. The molecule has 1 fully saturated rings. The van der Waals surface area contributed by atoms with Gasteiger partial charge >= 0.3 is 0 Å². The summed E-state index contributed by atoms with van der Waals surface area (Å²) in [4.78, 5) is 16.9. The van der Waals surface area contributed by atoms with Gasteiger partial charge in [0.25, 0.3) is 0 Å². The van der Waals surface area contributed by atoms with E-state index in [4.69, 9.17) is 11.6 Å². The van der Waals surface area contributed by atoms with Crippen LogP contribution in [0.15, 0.2) is 6.20 Å². The number of rotatable bonds is 6. The second kappa shape index (κ2) is 8.44. The van der Waals surface area contributed by atoms with Crippen LogP contribution in [0.4, 0.5) is 0 Å². The summed E-state index contributed by atoms with van der Waals surface area (Å²) in [6.45, 7) is 13.8. The van der Waals surface area contributed by atoms with Crippen LogP contribution in [0.2, 0.25) is 5.02 Å². The van der Waals surface area contributed by atoms with E-state index in [1.165, 1.54) is 11.3 Å². The fourth-order valence-electron chi connectivity index (χ4n) is 3.61. The maximum absolute atomic E-state index is 12.6. The molecule has 3 rings (SSSR count). The maximum Gasteiger partial charge on any atom is 0.224 e. The highest BCUT2D eigenvalue weighted by Crippen LogP contribution is 2.19. The van der Waals surface area contributed by atoms with E-state index >= 15 is 0 Å². The molecule has 0 aromatic carbocycles. The van der Waals surface area contributed by atoms with Gasteiger partial charge in [-0.1, -0.05) is 11.6 Å². The number of aromatic nitrogens is 4. The van der Waals surface area contributed by atoms with Gasteiger partial charge in [-0.3, -0.25) is 19.1 Å². The molecular formula is C19H29ClN6O. The number of hydrogen-bond acceptors (Lipinski definition) is 4. The number of carbonyl (C=O) groups excluding carboxylic acids is 1. The average Bonchev–Trinajstić information content (AvgIpc) is 3.14. The summed E-state index contributed by atoms with van der Waals surface area (Å²) in [6.07, 6.45) is 2.43. The molecular weight excluding hydrogens is 364 g/mol. The van der Waals surface area contributed by atoms with Crippen LogP contribution < -0.4 is 0 Å².